The van der Waals surface area contributed by atoms with Crippen molar-refractivity contribution in [3.05, 3.63) is 49.4 Å². The third-order valence-corrected chi connectivity index (χ3v) is 5.60. The van der Waals surface area contributed by atoms with E-state index in [1.54, 1.807) is 45.7 Å². The maximum atomic E-state index is 12.5. The van der Waals surface area contributed by atoms with E-state index in [-0.39, 0.29) is 16.9 Å². The lowest BCUT2D eigenvalue weighted by Gasteiger charge is -2.15. The highest BCUT2D eigenvalue weighted by molar-refractivity contribution is 7.98. The number of thiazole rings is 1. The van der Waals surface area contributed by atoms with E-state index in [1.807, 2.05) is 36.6 Å². The number of nitrogens with zero attached hydrogens (tertiary/aromatic N) is 2. The van der Waals surface area contributed by atoms with Crippen LogP contribution in [0, 0.1) is 16.7 Å². The number of carbonyl (C=O) groups excluding carboxylic acids is 1. The molecule has 0 amide bonds. The SMILES string of the molecule is CSc1ccc(/C=c2/s/c(=C(\C#N)C(=O)C(C)(C)C)n(C)c2=O)cc1. The fourth-order valence-electron chi connectivity index (χ4n) is 2.21. The molecule has 130 valence electrons. The largest absolute Gasteiger partial charge is 0.301 e. The van der Waals surface area contributed by atoms with E-state index in [1.165, 1.54) is 15.9 Å². The van der Waals surface area contributed by atoms with E-state index < -0.39 is 5.41 Å². The van der Waals surface area contributed by atoms with Crippen LogP contribution in [0.15, 0.2) is 34.0 Å². The highest BCUT2D eigenvalue weighted by atomic mass is 32.2. The van der Waals surface area contributed by atoms with Gasteiger partial charge >= 0.3 is 0 Å². The Morgan fingerprint density at radius 1 is 1.28 bits per heavy atom. The molecule has 0 radical (unpaired) electrons. The van der Waals surface area contributed by atoms with Crippen molar-refractivity contribution in [3.63, 3.8) is 0 Å². The number of hydrogen-bond acceptors (Lipinski definition) is 5. The van der Waals surface area contributed by atoms with Crippen molar-refractivity contribution in [2.24, 2.45) is 12.5 Å². The van der Waals surface area contributed by atoms with Gasteiger partial charge in [-0.2, -0.15) is 5.26 Å². The van der Waals surface area contributed by atoms with E-state index in [9.17, 15) is 14.9 Å². The minimum absolute atomic E-state index is 0.0366. The summed E-state index contributed by atoms with van der Waals surface area (Å²) >= 11 is 2.83. The first-order chi connectivity index (χ1) is 11.7. The van der Waals surface area contributed by atoms with Crippen molar-refractivity contribution in [2.75, 3.05) is 6.26 Å². The molecule has 0 N–H and O–H groups in total. The van der Waals surface area contributed by atoms with Gasteiger partial charge in [0.25, 0.3) is 5.56 Å². The number of thioether (sulfide) groups is 1. The molecule has 25 heavy (non-hydrogen) atoms. The quantitative estimate of drug-likeness (QED) is 0.776. The number of benzene rings is 1. The Balaban J connectivity index is 2.69. The lowest BCUT2D eigenvalue weighted by molar-refractivity contribution is -0.120. The van der Waals surface area contributed by atoms with Crippen molar-refractivity contribution in [2.45, 2.75) is 25.7 Å². The van der Waals surface area contributed by atoms with Gasteiger partial charge in [0.2, 0.25) is 0 Å². The maximum absolute atomic E-state index is 12.5. The van der Waals surface area contributed by atoms with Crippen molar-refractivity contribution >= 4 is 40.5 Å². The van der Waals surface area contributed by atoms with Gasteiger partial charge in [0.15, 0.2) is 5.78 Å². The van der Waals surface area contributed by atoms with Crippen molar-refractivity contribution in [1.29, 1.82) is 5.26 Å². The summed E-state index contributed by atoms with van der Waals surface area (Å²) in [7, 11) is 1.59. The molecule has 0 aliphatic rings. The summed E-state index contributed by atoms with van der Waals surface area (Å²) in [6.45, 7) is 5.29. The van der Waals surface area contributed by atoms with Crippen LogP contribution in [0.4, 0.5) is 0 Å². The maximum Gasteiger partial charge on any atom is 0.268 e. The minimum atomic E-state index is -0.678. The predicted octanol–water partition coefficient (Wildman–Crippen LogP) is 2.29. The van der Waals surface area contributed by atoms with E-state index in [0.29, 0.717) is 9.20 Å². The number of aromatic nitrogens is 1. The number of Topliss-reactive ketones (excluding diaryl/α,β-unsaturated/α-hetero) is 1. The molecule has 0 saturated carbocycles. The van der Waals surface area contributed by atoms with Gasteiger partial charge < -0.3 is 4.57 Å². The average molecular weight is 373 g/mol. The van der Waals surface area contributed by atoms with E-state index in [0.717, 1.165) is 10.5 Å². The third-order valence-electron chi connectivity index (χ3n) is 3.67. The van der Waals surface area contributed by atoms with Crippen LogP contribution in [0.3, 0.4) is 0 Å². The lowest BCUT2D eigenvalue weighted by atomic mass is 9.87. The fraction of sp³-hybridized carbons (Fsp3) is 0.316. The van der Waals surface area contributed by atoms with E-state index in [4.69, 9.17) is 0 Å². The number of hydrogen-bond donors (Lipinski definition) is 0. The van der Waals surface area contributed by atoms with Crippen LogP contribution in [-0.4, -0.2) is 16.6 Å². The Morgan fingerprint density at radius 3 is 2.36 bits per heavy atom. The summed E-state index contributed by atoms with van der Waals surface area (Å²) in [6, 6.07) is 9.86. The highest BCUT2D eigenvalue weighted by Gasteiger charge is 2.26. The van der Waals surface area contributed by atoms with Gasteiger partial charge in [0.05, 0.1) is 4.53 Å². The molecule has 0 bridgehead atoms. The van der Waals surface area contributed by atoms with Gasteiger partial charge in [-0.3, -0.25) is 9.59 Å². The standard InChI is InChI=1S/C19H20N2O2S2/c1-19(2,3)16(22)14(11-20)18-21(4)17(23)15(25-18)10-12-6-8-13(24-5)9-7-12/h6-10H,1-5H3/b15-10+,18-14+. The lowest BCUT2D eigenvalue weighted by Crippen LogP contribution is -2.32. The molecule has 0 aliphatic carbocycles. The van der Waals surface area contributed by atoms with Gasteiger partial charge in [0.1, 0.15) is 16.3 Å². The van der Waals surface area contributed by atoms with Gasteiger partial charge in [-0.25, -0.2) is 0 Å². The Kier molecular flexibility index (Phi) is 5.71. The van der Waals surface area contributed by atoms with E-state index >= 15 is 0 Å². The molecule has 0 unspecified atom stereocenters. The smallest absolute Gasteiger partial charge is 0.268 e. The van der Waals surface area contributed by atoms with Crippen LogP contribution < -0.4 is 14.8 Å². The zero-order valence-corrected chi connectivity index (χ0v) is 16.5. The highest BCUT2D eigenvalue weighted by Crippen LogP contribution is 2.19. The molecule has 6 heteroatoms. The van der Waals surface area contributed by atoms with Crippen LogP contribution in [0.5, 0.6) is 0 Å². The summed E-state index contributed by atoms with van der Waals surface area (Å²) in [5, 5.41) is 9.46. The second-order valence-electron chi connectivity index (χ2n) is 6.62. The van der Waals surface area contributed by atoms with Crippen LogP contribution in [0.2, 0.25) is 0 Å². The van der Waals surface area contributed by atoms with Crippen LogP contribution >= 0.6 is 23.1 Å². The Hall–Kier alpha value is -2.10. The summed E-state index contributed by atoms with van der Waals surface area (Å²) < 4.78 is 2.29. The summed E-state index contributed by atoms with van der Waals surface area (Å²) in [6.07, 6.45) is 3.79. The first-order valence-electron chi connectivity index (χ1n) is 7.70. The molecule has 4 nitrogen and oxygen atoms in total. The number of nitriles is 1. The molecule has 2 aromatic rings. The summed E-state index contributed by atoms with van der Waals surface area (Å²) in [5.41, 5.74) is 0.0599. The topological polar surface area (TPSA) is 62.9 Å². The fourth-order valence-corrected chi connectivity index (χ4v) is 3.70. The first kappa shape index (κ1) is 19.2. The molecule has 0 atom stereocenters. The molecular formula is C19H20N2O2S2. The van der Waals surface area contributed by atoms with Gasteiger partial charge in [-0.1, -0.05) is 32.9 Å². The molecular weight excluding hydrogens is 352 g/mol. The molecule has 0 fully saturated rings. The minimum Gasteiger partial charge on any atom is -0.301 e. The van der Waals surface area contributed by atoms with Crippen molar-refractivity contribution in [1.82, 2.24) is 4.57 Å². The van der Waals surface area contributed by atoms with Crippen molar-refractivity contribution < 1.29 is 4.79 Å². The predicted molar refractivity (Wildman–Crippen MR) is 104 cm³/mol. The molecule has 0 aliphatic heterocycles. The number of carbonyl (C=O) groups is 1. The Morgan fingerprint density at radius 2 is 1.88 bits per heavy atom. The Labute approximate surface area is 155 Å². The normalized spacial score (nSPS) is 13.5. The average Bonchev–Trinajstić information content (AvgIpc) is 2.84. The second-order valence-corrected chi connectivity index (χ2v) is 8.53. The second kappa shape index (κ2) is 7.42. The molecule has 0 saturated heterocycles. The molecule has 0 spiro atoms. The summed E-state index contributed by atoms with van der Waals surface area (Å²) in [5.74, 6) is -0.261. The van der Waals surface area contributed by atoms with Crippen LogP contribution in [0.25, 0.3) is 11.6 Å². The molecule has 1 aromatic heterocycles. The first-order valence-corrected chi connectivity index (χ1v) is 9.74. The van der Waals surface area contributed by atoms with Gasteiger partial charge in [-0.05, 0) is 30.0 Å². The Bertz CT molecular complexity index is 1010. The monoisotopic (exact) mass is 372 g/mol. The number of ketones is 1. The third kappa shape index (κ3) is 4.12. The molecule has 2 rings (SSSR count). The zero-order valence-electron chi connectivity index (χ0n) is 14.9. The summed E-state index contributed by atoms with van der Waals surface area (Å²) in [4.78, 5) is 26.2. The van der Waals surface area contributed by atoms with Gasteiger partial charge in [-0.15, -0.1) is 23.1 Å². The zero-order chi connectivity index (χ0) is 18.8. The molecule has 1 aromatic carbocycles. The number of rotatable bonds is 3. The van der Waals surface area contributed by atoms with Crippen molar-refractivity contribution in [3.8, 4) is 6.07 Å². The van der Waals surface area contributed by atoms with Crippen LogP contribution in [-0.2, 0) is 11.8 Å². The van der Waals surface area contributed by atoms with E-state index in [2.05, 4.69) is 0 Å². The molecule has 1 heterocycles. The van der Waals surface area contributed by atoms with Gasteiger partial charge in [0, 0.05) is 17.4 Å². The van der Waals surface area contributed by atoms with Crippen LogP contribution in [0.1, 0.15) is 26.3 Å².